The Morgan fingerprint density at radius 1 is 1.08 bits per heavy atom. The van der Waals surface area contributed by atoms with E-state index in [1.54, 1.807) is 24.3 Å². The lowest BCUT2D eigenvalue weighted by Gasteiger charge is -2.12. The van der Waals surface area contributed by atoms with Crippen molar-refractivity contribution in [2.24, 2.45) is 0 Å². The molecule has 2 aromatic carbocycles. The molecular formula is C17H18N2O6S. The van der Waals surface area contributed by atoms with Gasteiger partial charge in [0.05, 0.1) is 24.8 Å². The van der Waals surface area contributed by atoms with Crippen LogP contribution in [0, 0.1) is 0 Å². The minimum absolute atomic E-state index is 0.0128. The highest BCUT2D eigenvalue weighted by Crippen LogP contribution is 2.30. The molecule has 0 atom stereocenters. The van der Waals surface area contributed by atoms with E-state index >= 15 is 0 Å². The predicted octanol–water partition coefficient (Wildman–Crippen LogP) is 2.02. The van der Waals surface area contributed by atoms with Gasteiger partial charge in [0.2, 0.25) is 0 Å². The quantitative estimate of drug-likeness (QED) is 0.386. The summed E-state index contributed by atoms with van der Waals surface area (Å²) in [5.74, 6) is 0.144. The fraction of sp³-hybridized carbons (Fsp3) is 0.118. The summed E-state index contributed by atoms with van der Waals surface area (Å²) in [7, 11) is -0.918. The van der Waals surface area contributed by atoms with Gasteiger partial charge in [0.25, 0.3) is 15.9 Å². The predicted molar refractivity (Wildman–Crippen MR) is 95.8 cm³/mol. The van der Waals surface area contributed by atoms with Crippen LogP contribution in [0.3, 0.4) is 0 Å². The Labute approximate surface area is 151 Å². The highest BCUT2D eigenvalue weighted by atomic mass is 32.2. The first-order valence-electron chi connectivity index (χ1n) is 7.36. The Kier molecular flexibility index (Phi) is 6.21. The molecule has 0 aliphatic heterocycles. The van der Waals surface area contributed by atoms with Crippen molar-refractivity contribution in [3.63, 3.8) is 0 Å². The number of hydroxylamine groups is 1. The van der Waals surface area contributed by atoms with Crippen molar-refractivity contribution in [1.82, 2.24) is 5.48 Å². The molecule has 0 aliphatic rings. The number of benzene rings is 2. The van der Waals surface area contributed by atoms with Crippen molar-refractivity contribution in [2.75, 3.05) is 18.9 Å². The van der Waals surface area contributed by atoms with Gasteiger partial charge in [0.1, 0.15) is 0 Å². The lowest BCUT2D eigenvalue weighted by Crippen LogP contribution is -2.15. The van der Waals surface area contributed by atoms with Crippen LogP contribution in [-0.2, 0) is 14.8 Å². The van der Waals surface area contributed by atoms with E-state index in [2.05, 4.69) is 4.72 Å². The van der Waals surface area contributed by atoms with Gasteiger partial charge in [-0.2, -0.15) is 0 Å². The zero-order valence-corrected chi connectivity index (χ0v) is 14.9. The molecule has 0 aliphatic carbocycles. The normalized spacial score (nSPS) is 11.2. The summed E-state index contributed by atoms with van der Waals surface area (Å²) in [6.07, 6.45) is 2.45. The number of carbonyl (C=O) groups excluding carboxylic acids is 1. The third kappa shape index (κ3) is 4.74. The van der Waals surface area contributed by atoms with E-state index in [0.717, 1.165) is 6.08 Å². The molecule has 0 spiro atoms. The molecular weight excluding hydrogens is 360 g/mol. The fourth-order valence-electron chi connectivity index (χ4n) is 2.11. The number of sulfonamides is 1. The summed E-state index contributed by atoms with van der Waals surface area (Å²) >= 11 is 0. The summed E-state index contributed by atoms with van der Waals surface area (Å²) < 4.78 is 37.9. The monoisotopic (exact) mass is 378 g/mol. The van der Waals surface area contributed by atoms with Gasteiger partial charge < -0.3 is 9.47 Å². The number of hydrogen-bond donors (Lipinski definition) is 3. The van der Waals surface area contributed by atoms with Crippen molar-refractivity contribution >= 4 is 27.7 Å². The summed E-state index contributed by atoms with van der Waals surface area (Å²) in [5.41, 5.74) is 2.24. The van der Waals surface area contributed by atoms with Gasteiger partial charge >= 0.3 is 0 Å². The Hall–Kier alpha value is -3.04. The minimum atomic E-state index is -3.85. The Bertz CT molecular complexity index is 925. The highest BCUT2D eigenvalue weighted by Gasteiger charge is 2.15. The Morgan fingerprint density at radius 2 is 1.81 bits per heavy atom. The van der Waals surface area contributed by atoms with E-state index in [1.807, 2.05) is 0 Å². The van der Waals surface area contributed by atoms with Crippen LogP contribution in [0.2, 0.25) is 0 Å². The maximum Gasteiger partial charge on any atom is 0.267 e. The highest BCUT2D eigenvalue weighted by molar-refractivity contribution is 7.92. The van der Waals surface area contributed by atoms with Crippen molar-refractivity contribution in [3.8, 4) is 11.5 Å². The molecule has 0 aromatic heterocycles. The van der Waals surface area contributed by atoms with E-state index in [4.69, 9.17) is 14.7 Å². The van der Waals surface area contributed by atoms with E-state index < -0.39 is 15.9 Å². The first-order valence-corrected chi connectivity index (χ1v) is 8.85. The second-order valence-electron chi connectivity index (χ2n) is 5.06. The van der Waals surface area contributed by atoms with Crippen LogP contribution in [0.5, 0.6) is 11.5 Å². The van der Waals surface area contributed by atoms with Gasteiger partial charge in [-0.1, -0.05) is 12.1 Å². The summed E-state index contributed by atoms with van der Waals surface area (Å²) in [6, 6.07) is 10.6. The Balaban J connectivity index is 2.28. The number of methoxy groups -OCH3 is 2. The maximum absolute atomic E-state index is 12.6. The van der Waals surface area contributed by atoms with Gasteiger partial charge in [-0.05, 0) is 35.9 Å². The molecule has 2 aromatic rings. The summed E-state index contributed by atoms with van der Waals surface area (Å²) in [4.78, 5) is 11.0. The molecule has 0 unspecified atom stereocenters. The van der Waals surface area contributed by atoms with Crippen molar-refractivity contribution in [1.29, 1.82) is 0 Å². The van der Waals surface area contributed by atoms with Crippen molar-refractivity contribution in [3.05, 3.63) is 54.1 Å². The molecule has 0 heterocycles. The molecule has 1 amide bonds. The fourth-order valence-corrected chi connectivity index (χ4v) is 3.21. The lowest BCUT2D eigenvalue weighted by atomic mass is 10.2. The van der Waals surface area contributed by atoms with Gasteiger partial charge in [0.15, 0.2) is 11.5 Å². The maximum atomic E-state index is 12.6. The molecule has 3 N–H and O–H groups in total. The number of carbonyl (C=O) groups is 1. The molecule has 9 heteroatoms. The van der Waals surface area contributed by atoms with Crippen LogP contribution in [-0.4, -0.2) is 33.8 Å². The van der Waals surface area contributed by atoms with Crippen LogP contribution in [0.25, 0.3) is 6.08 Å². The van der Waals surface area contributed by atoms with Crippen molar-refractivity contribution < 1.29 is 27.9 Å². The summed E-state index contributed by atoms with van der Waals surface area (Å²) in [6.45, 7) is 0. The molecule has 0 bridgehead atoms. The largest absolute Gasteiger partial charge is 0.493 e. The van der Waals surface area contributed by atoms with Gasteiger partial charge in [0, 0.05) is 12.1 Å². The van der Waals surface area contributed by atoms with Crippen LogP contribution in [0.1, 0.15) is 5.56 Å². The van der Waals surface area contributed by atoms with E-state index in [0.29, 0.717) is 22.7 Å². The van der Waals surface area contributed by atoms with Crippen LogP contribution >= 0.6 is 0 Å². The smallest absolute Gasteiger partial charge is 0.267 e. The zero-order chi connectivity index (χ0) is 19.2. The van der Waals surface area contributed by atoms with Crippen LogP contribution in [0.15, 0.2) is 53.4 Å². The second-order valence-corrected chi connectivity index (χ2v) is 6.74. The van der Waals surface area contributed by atoms with Gasteiger partial charge in [-0.15, -0.1) is 0 Å². The number of nitrogens with one attached hydrogen (secondary N) is 2. The number of hydrogen-bond acceptors (Lipinski definition) is 6. The van der Waals surface area contributed by atoms with E-state index in [1.165, 1.54) is 44.0 Å². The molecule has 0 saturated carbocycles. The molecule has 8 nitrogen and oxygen atoms in total. The third-order valence-corrected chi connectivity index (χ3v) is 4.72. The SMILES string of the molecule is COc1ccc(NS(=O)(=O)c2cccc(C=CC(=O)NO)c2)cc1OC. The molecule has 0 radical (unpaired) electrons. The zero-order valence-electron chi connectivity index (χ0n) is 14.1. The van der Waals surface area contributed by atoms with Gasteiger partial charge in [-0.3, -0.25) is 14.7 Å². The molecule has 26 heavy (non-hydrogen) atoms. The first kappa shape index (κ1) is 19.3. The molecule has 0 saturated heterocycles. The summed E-state index contributed by atoms with van der Waals surface area (Å²) in [5, 5.41) is 8.47. The molecule has 0 fully saturated rings. The average Bonchev–Trinajstić information content (AvgIpc) is 2.65. The Morgan fingerprint density at radius 3 is 2.46 bits per heavy atom. The standard InChI is InChI=1S/C17H18N2O6S/c1-24-15-8-7-13(11-16(15)25-2)19-26(22,23)14-5-3-4-12(10-14)6-9-17(20)18-21/h3-11,19,21H,1-2H3,(H,18,20). The number of anilines is 1. The van der Waals surface area contributed by atoms with Crippen molar-refractivity contribution in [2.45, 2.75) is 4.90 Å². The van der Waals surface area contributed by atoms with E-state index in [9.17, 15) is 13.2 Å². The number of amides is 1. The van der Waals surface area contributed by atoms with Gasteiger partial charge in [-0.25, -0.2) is 13.9 Å². The average molecular weight is 378 g/mol. The van der Waals surface area contributed by atoms with Crippen LogP contribution in [0.4, 0.5) is 5.69 Å². The third-order valence-electron chi connectivity index (χ3n) is 3.34. The minimum Gasteiger partial charge on any atom is -0.493 e. The second kappa shape index (κ2) is 8.37. The molecule has 2 rings (SSSR count). The molecule has 138 valence electrons. The lowest BCUT2D eigenvalue weighted by molar-refractivity contribution is -0.124. The topological polar surface area (TPSA) is 114 Å². The van der Waals surface area contributed by atoms with Crippen LogP contribution < -0.4 is 19.7 Å². The first-order chi connectivity index (χ1) is 12.4. The number of rotatable bonds is 7. The number of ether oxygens (including phenoxy) is 2. The van der Waals surface area contributed by atoms with E-state index in [-0.39, 0.29) is 4.90 Å².